The zero-order chi connectivity index (χ0) is 10.6. The lowest BCUT2D eigenvalue weighted by Gasteiger charge is -1.97. The second kappa shape index (κ2) is 4.32. The van der Waals surface area contributed by atoms with Gasteiger partial charge in [-0.3, -0.25) is 14.9 Å². The Kier molecular flexibility index (Phi) is 3.12. The van der Waals surface area contributed by atoms with Crippen molar-refractivity contribution >= 4 is 18.0 Å². The minimum atomic E-state index is -0.453. The molecule has 0 spiro atoms. The van der Waals surface area contributed by atoms with E-state index < -0.39 is 4.92 Å². The van der Waals surface area contributed by atoms with E-state index in [9.17, 15) is 14.9 Å². The van der Waals surface area contributed by atoms with Gasteiger partial charge in [-0.25, -0.2) is 0 Å². The van der Waals surface area contributed by atoms with E-state index in [0.29, 0.717) is 11.8 Å². The summed E-state index contributed by atoms with van der Waals surface area (Å²) in [5, 5.41) is 10.5. The molecular weight excluding hydrogens is 182 g/mol. The van der Waals surface area contributed by atoms with Crippen LogP contribution in [0, 0.1) is 17.0 Å². The first-order valence-electron chi connectivity index (χ1n) is 4.01. The van der Waals surface area contributed by atoms with Crippen LogP contribution in [0.5, 0.6) is 0 Å². The van der Waals surface area contributed by atoms with Gasteiger partial charge in [-0.15, -0.1) is 0 Å². The second-order valence-corrected chi connectivity index (χ2v) is 2.85. The molecule has 1 rings (SSSR count). The number of nitro groups is 1. The van der Waals surface area contributed by atoms with Crippen LogP contribution in [0.25, 0.3) is 6.08 Å². The number of benzene rings is 1. The summed E-state index contributed by atoms with van der Waals surface area (Å²) in [4.78, 5) is 20.1. The molecule has 0 heterocycles. The SMILES string of the molecule is Cc1cc(C=CC=O)cc([N+](=O)[O-])c1. The largest absolute Gasteiger partial charge is 0.299 e. The molecule has 0 saturated carbocycles. The van der Waals surface area contributed by atoms with Crippen molar-refractivity contribution in [3.63, 3.8) is 0 Å². The molecule has 4 nitrogen and oxygen atoms in total. The fourth-order valence-corrected chi connectivity index (χ4v) is 1.14. The van der Waals surface area contributed by atoms with Crippen LogP contribution < -0.4 is 0 Å². The third kappa shape index (κ3) is 2.52. The van der Waals surface area contributed by atoms with Crippen molar-refractivity contribution in [3.05, 3.63) is 45.5 Å². The highest BCUT2D eigenvalue weighted by atomic mass is 16.6. The summed E-state index contributed by atoms with van der Waals surface area (Å²) in [5.41, 5.74) is 1.49. The van der Waals surface area contributed by atoms with E-state index in [0.717, 1.165) is 5.56 Å². The van der Waals surface area contributed by atoms with E-state index in [2.05, 4.69) is 0 Å². The average molecular weight is 191 g/mol. The molecule has 0 fully saturated rings. The van der Waals surface area contributed by atoms with E-state index in [1.54, 1.807) is 13.0 Å². The number of hydrogen-bond donors (Lipinski definition) is 0. The lowest BCUT2D eigenvalue weighted by Crippen LogP contribution is -1.89. The monoisotopic (exact) mass is 191 g/mol. The van der Waals surface area contributed by atoms with Gasteiger partial charge in [-0.1, -0.05) is 12.1 Å². The highest BCUT2D eigenvalue weighted by molar-refractivity contribution is 5.74. The zero-order valence-electron chi connectivity index (χ0n) is 7.64. The van der Waals surface area contributed by atoms with Crippen molar-refractivity contribution in [2.45, 2.75) is 6.92 Å². The topological polar surface area (TPSA) is 60.2 Å². The molecule has 0 saturated heterocycles. The average Bonchev–Trinajstić information content (AvgIpc) is 2.14. The van der Waals surface area contributed by atoms with Gasteiger partial charge in [0, 0.05) is 12.1 Å². The normalized spacial score (nSPS) is 10.4. The third-order valence-electron chi connectivity index (χ3n) is 1.66. The van der Waals surface area contributed by atoms with Crippen LogP contribution >= 0.6 is 0 Å². The highest BCUT2D eigenvalue weighted by Gasteiger charge is 2.05. The Morgan fingerprint density at radius 3 is 2.64 bits per heavy atom. The van der Waals surface area contributed by atoms with Crippen LogP contribution in [0.2, 0.25) is 0 Å². The molecule has 0 atom stereocenters. The second-order valence-electron chi connectivity index (χ2n) is 2.85. The Morgan fingerprint density at radius 1 is 1.36 bits per heavy atom. The molecule has 14 heavy (non-hydrogen) atoms. The van der Waals surface area contributed by atoms with Crippen LogP contribution in [0.15, 0.2) is 24.3 Å². The predicted octanol–water partition coefficient (Wildman–Crippen LogP) is 2.12. The molecule has 0 aliphatic rings. The minimum absolute atomic E-state index is 0.0375. The Morgan fingerprint density at radius 2 is 2.07 bits per heavy atom. The van der Waals surface area contributed by atoms with Gasteiger partial charge < -0.3 is 0 Å². The summed E-state index contributed by atoms with van der Waals surface area (Å²) in [6.45, 7) is 1.77. The molecule has 0 N–H and O–H groups in total. The molecular formula is C10H9NO3. The van der Waals surface area contributed by atoms with Crippen LogP contribution in [0.4, 0.5) is 5.69 Å². The van der Waals surface area contributed by atoms with E-state index in [1.807, 2.05) is 0 Å². The number of carbonyl (C=O) groups is 1. The number of nitrogens with zero attached hydrogens (tertiary/aromatic N) is 1. The summed E-state index contributed by atoms with van der Waals surface area (Å²) >= 11 is 0. The molecule has 0 aliphatic carbocycles. The molecule has 0 amide bonds. The number of allylic oxidation sites excluding steroid dienone is 1. The molecule has 0 radical (unpaired) electrons. The van der Waals surface area contributed by atoms with Crippen LogP contribution in [0.1, 0.15) is 11.1 Å². The molecule has 0 aromatic heterocycles. The molecule has 72 valence electrons. The first-order chi connectivity index (χ1) is 6.63. The lowest BCUT2D eigenvalue weighted by molar-refractivity contribution is -0.384. The molecule has 0 unspecified atom stereocenters. The number of rotatable bonds is 3. The van der Waals surface area contributed by atoms with Crippen LogP contribution in [-0.2, 0) is 4.79 Å². The van der Waals surface area contributed by atoms with Gasteiger partial charge in [0.05, 0.1) is 4.92 Å². The fourth-order valence-electron chi connectivity index (χ4n) is 1.14. The van der Waals surface area contributed by atoms with E-state index in [-0.39, 0.29) is 5.69 Å². The van der Waals surface area contributed by atoms with Gasteiger partial charge in [-0.2, -0.15) is 0 Å². The Balaban J connectivity index is 3.13. The highest BCUT2D eigenvalue weighted by Crippen LogP contribution is 2.17. The van der Waals surface area contributed by atoms with Crippen molar-refractivity contribution in [1.29, 1.82) is 0 Å². The van der Waals surface area contributed by atoms with Crippen molar-refractivity contribution in [1.82, 2.24) is 0 Å². The quantitative estimate of drug-likeness (QED) is 0.318. The van der Waals surface area contributed by atoms with Crippen molar-refractivity contribution < 1.29 is 9.72 Å². The number of nitro benzene ring substituents is 1. The maximum Gasteiger partial charge on any atom is 0.270 e. The summed E-state index contributed by atoms with van der Waals surface area (Å²) in [7, 11) is 0. The summed E-state index contributed by atoms with van der Waals surface area (Å²) < 4.78 is 0. The standard InChI is InChI=1S/C10H9NO3/c1-8-5-9(3-2-4-12)7-10(6-8)11(13)14/h2-7H,1H3. The first-order valence-corrected chi connectivity index (χ1v) is 4.01. The summed E-state index contributed by atoms with van der Waals surface area (Å²) in [5.74, 6) is 0. The number of aryl methyl sites for hydroxylation is 1. The molecule has 4 heteroatoms. The zero-order valence-corrected chi connectivity index (χ0v) is 7.64. The molecule has 0 aliphatic heterocycles. The van der Waals surface area contributed by atoms with Gasteiger partial charge in [0.15, 0.2) is 0 Å². The first kappa shape index (κ1) is 10.1. The Hall–Kier alpha value is -1.97. The van der Waals surface area contributed by atoms with Crippen molar-refractivity contribution in [2.24, 2.45) is 0 Å². The van der Waals surface area contributed by atoms with Crippen LogP contribution in [-0.4, -0.2) is 11.2 Å². The molecule has 1 aromatic rings. The van der Waals surface area contributed by atoms with E-state index in [1.165, 1.54) is 24.3 Å². The smallest absolute Gasteiger partial charge is 0.270 e. The maximum atomic E-state index is 10.5. The molecule has 0 bridgehead atoms. The van der Waals surface area contributed by atoms with Crippen molar-refractivity contribution in [3.8, 4) is 0 Å². The van der Waals surface area contributed by atoms with E-state index >= 15 is 0 Å². The molecule has 1 aromatic carbocycles. The van der Waals surface area contributed by atoms with Gasteiger partial charge in [0.25, 0.3) is 5.69 Å². The Labute approximate surface area is 81.0 Å². The minimum Gasteiger partial charge on any atom is -0.299 e. The van der Waals surface area contributed by atoms with Gasteiger partial charge >= 0.3 is 0 Å². The predicted molar refractivity (Wildman–Crippen MR) is 52.9 cm³/mol. The number of non-ortho nitro benzene ring substituents is 1. The number of aldehydes is 1. The third-order valence-corrected chi connectivity index (χ3v) is 1.66. The van der Waals surface area contributed by atoms with Gasteiger partial charge in [-0.05, 0) is 24.1 Å². The summed E-state index contributed by atoms with van der Waals surface area (Å²) in [6, 6.07) is 4.68. The van der Waals surface area contributed by atoms with Gasteiger partial charge in [0.1, 0.15) is 6.29 Å². The summed E-state index contributed by atoms with van der Waals surface area (Å²) in [6.07, 6.45) is 3.47. The lowest BCUT2D eigenvalue weighted by atomic mass is 10.1. The maximum absolute atomic E-state index is 10.5. The fraction of sp³-hybridized carbons (Fsp3) is 0.100. The van der Waals surface area contributed by atoms with Crippen molar-refractivity contribution in [2.75, 3.05) is 0 Å². The van der Waals surface area contributed by atoms with E-state index in [4.69, 9.17) is 0 Å². The van der Waals surface area contributed by atoms with Crippen LogP contribution in [0.3, 0.4) is 0 Å². The van der Waals surface area contributed by atoms with Gasteiger partial charge in [0.2, 0.25) is 0 Å². The Bertz CT molecular complexity index is 396. The number of hydrogen-bond acceptors (Lipinski definition) is 3. The number of carbonyl (C=O) groups excluding carboxylic acids is 1.